The van der Waals surface area contributed by atoms with Crippen LogP contribution in [-0.4, -0.2) is 5.78 Å². The van der Waals surface area contributed by atoms with E-state index >= 15 is 0 Å². The van der Waals surface area contributed by atoms with Gasteiger partial charge in [-0.2, -0.15) is 0 Å². The van der Waals surface area contributed by atoms with E-state index in [1.807, 2.05) is 25.1 Å². The Morgan fingerprint density at radius 2 is 2.06 bits per heavy atom. The van der Waals surface area contributed by atoms with Crippen LogP contribution in [0.25, 0.3) is 0 Å². The van der Waals surface area contributed by atoms with Crippen LogP contribution in [0.4, 0.5) is 0 Å². The van der Waals surface area contributed by atoms with Crippen LogP contribution in [0.5, 0.6) is 0 Å². The molecule has 0 amide bonds. The molecule has 1 fully saturated rings. The summed E-state index contributed by atoms with van der Waals surface area (Å²) >= 11 is 6.22. The molecule has 18 heavy (non-hydrogen) atoms. The third kappa shape index (κ3) is 2.95. The van der Waals surface area contributed by atoms with Crippen LogP contribution in [-0.2, 0) is 0 Å². The van der Waals surface area contributed by atoms with Gasteiger partial charge in [-0.15, -0.1) is 0 Å². The van der Waals surface area contributed by atoms with E-state index in [4.69, 9.17) is 11.6 Å². The predicted octanol–water partition coefficient (Wildman–Crippen LogP) is 5.05. The van der Waals surface area contributed by atoms with E-state index in [9.17, 15) is 4.79 Å². The highest BCUT2D eigenvalue weighted by molar-refractivity contribution is 6.34. The van der Waals surface area contributed by atoms with Crippen molar-refractivity contribution in [1.29, 1.82) is 0 Å². The fourth-order valence-corrected chi connectivity index (χ4v) is 3.14. The molecule has 2 unspecified atom stereocenters. The smallest absolute Gasteiger partial charge is 0.164 e. The first-order chi connectivity index (χ1) is 8.59. The first-order valence-corrected chi connectivity index (χ1v) is 7.25. The van der Waals surface area contributed by atoms with Crippen LogP contribution in [0.2, 0.25) is 5.02 Å². The SMILES string of the molecule is Cc1cccc(C(=O)CC2CCCCC2C)c1Cl. The Bertz CT molecular complexity index is 439. The maximum atomic E-state index is 12.3. The standard InChI is InChI=1S/C16H21ClO/c1-11-6-3-4-8-13(11)10-15(18)14-9-5-7-12(2)16(14)17/h5,7,9,11,13H,3-4,6,8,10H2,1-2H3. The Morgan fingerprint density at radius 1 is 1.33 bits per heavy atom. The lowest BCUT2D eigenvalue weighted by Gasteiger charge is -2.28. The third-order valence-corrected chi connectivity index (χ3v) is 4.73. The van der Waals surface area contributed by atoms with E-state index in [-0.39, 0.29) is 5.78 Å². The highest BCUT2D eigenvalue weighted by Crippen LogP contribution is 2.33. The predicted molar refractivity (Wildman–Crippen MR) is 76.3 cm³/mol. The van der Waals surface area contributed by atoms with Crippen LogP contribution < -0.4 is 0 Å². The van der Waals surface area contributed by atoms with Gasteiger partial charge in [-0.05, 0) is 36.8 Å². The molecule has 0 N–H and O–H groups in total. The molecule has 2 heteroatoms. The van der Waals surface area contributed by atoms with Gasteiger partial charge in [-0.1, -0.05) is 49.9 Å². The number of Topliss-reactive ketones (excluding diaryl/α,β-unsaturated/α-hetero) is 1. The number of benzene rings is 1. The van der Waals surface area contributed by atoms with Crippen molar-refractivity contribution in [3.05, 3.63) is 34.3 Å². The van der Waals surface area contributed by atoms with Crippen LogP contribution in [0.1, 0.15) is 54.9 Å². The molecular weight excluding hydrogens is 244 g/mol. The molecule has 0 heterocycles. The molecule has 1 saturated carbocycles. The third-order valence-electron chi connectivity index (χ3n) is 4.23. The Hall–Kier alpha value is -0.820. The summed E-state index contributed by atoms with van der Waals surface area (Å²) in [6, 6.07) is 5.71. The number of aryl methyl sites for hydroxylation is 1. The molecule has 2 atom stereocenters. The molecule has 0 aliphatic heterocycles. The number of hydrogen-bond acceptors (Lipinski definition) is 1. The Labute approximate surface area is 115 Å². The van der Waals surface area contributed by atoms with Crippen LogP contribution in [0, 0.1) is 18.8 Å². The van der Waals surface area contributed by atoms with Gasteiger partial charge in [0, 0.05) is 12.0 Å². The van der Waals surface area contributed by atoms with Crippen molar-refractivity contribution in [2.45, 2.75) is 46.0 Å². The summed E-state index contributed by atoms with van der Waals surface area (Å²) in [5.41, 5.74) is 1.69. The maximum absolute atomic E-state index is 12.3. The molecule has 0 aromatic heterocycles. The lowest BCUT2D eigenvalue weighted by molar-refractivity contribution is 0.0927. The zero-order valence-electron chi connectivity index (χ0n) is 11.2. The van der Waals surface area contributed by atoms with E-state index in [0.29, 0.717) is 28.8 Å². The second kappa shape index (κ2) is 5.88. The van der Waals surface area contributed by atoms with Crippen molar-refractivity contribution in [3.63, 3.8) is 0 Å². The van der Waals surface area contributed by atoms with Crippen molar-refractivity contribution < 1.29 is 4.79 Å². The molecule has 1 nitrogen and oxygen atoms in total. The fourth-order valence-electron chi connectivity index (χ4n) is 2.91. The van der Waals surface area contributed by atoms with E-state index in [1.165, 1.54) is 25.7 Å². The molecule has 0 saturated heterocycles. The van der Waals surface area contributed by atoms with Gasteiger partial charge < -0.3 is 0 Å². The van der Waals surface area contributed by atoms with Crippen molar-refractivity contribution in [2.24, 2.45) is 11.8 Å². The van der Waals surface area contributed by atoms with Crippen molar-refractivity contribution in [2.75, 3.05) is 0 Å². The molecule has 0 radical (unpaired) electrons. The molecule has 0 spiro atoms. The lowest BCUT2D eigenvalue weighted by Crippen LogP contribution is -2.20. The molecule has 1 aliphatic rings. The monoisotopic (exact) mass is 264 g/mol. The summed E-state index contributed by atoms with van der Waals surface area (Å²) in [6.07, 6.45) is 5.70. The van der Waals surface area contributed by atoms with Gasteiger partial charge in [0.05, 0.1) is 5.02 Å². The molecule has 2 rings (SSSR count). The van der Waals surface area contributed by atoms with Gasteiger partial charge in [0.25, 0.3) is 0 Å². The van der Waals surface area contributed by atoms with E-state index < -0.39 is 0 Å². The van der Waals surface area contributed by atoms with Gasteiger partial charge in [-0.25, -0.2) is 0 Å². The number of hydrogen-bond donors (Lipinski definition) is 0. The number of rotatable bonds is 3. The second-order valence-corrected chi connectivity index (χ2v) is 5.96. The van der Waals surface area contributed by atoms with Crippen molar-refractivity contribution in [3.8, 4) is 0 Å². The van der Waals surface area contributed by atoms with Crippen molar-refractivity contribution >= 4 is 17.4 Å². The van der Waals surface area contributed by atoms with Crippen LogP contribution in [0.3, 0.4) is 0 Å². The average Bonchev–Trinajstić information content (AvgIpc) is 2.35. The minimum Gasteiger partial charge on any atom is -0.294 e. The van der Waals surface area contributed by atoms with Gasteiger partial charge in [0.1, 0.15) is 0 Å². The largest absolute Gasteiger partial charge is 0.294 e. The Kier molecular flexibility index (Phi) is 4.45. The summed E-state index contributed by atoms with van der Waals surface area (Å²) in [7, 11) is 0. The average molecular weight is 265 g/mol. The number of carbonyl (C=O) groups excluding carboxylic acids is 1. The normalized spacial score (nSPS) is 23.9. The summed E-state index contributed by atoms with van der Waals surface area (Å²) in [5.74, 6) is 1.43. The number of carbonyl (C=O) groups is 1. The highest BCUT2D eigenvalue weighted by atomic mass is 35.5. The van der Waals surface area contributed by atoms with Gasteiger partial charge in [-0.3, -0.25) is 4.79 Å². The molecule has 1 aromatic rings. The maximum Gasteiger partial charge on any atom is 0.164 e. The topological polar surface area (TPSA) is 17.1 Å². The van der Waals surface area contributed by atoms with E-state index in [0.717, 1.165) is 5.56 Å². The molecule has 1 aromatic carbocycles. The van der Waals surface area contributed by atoms with E-state index in [1.54, 1.807) is 0 Å². The zero-order valence-corrected chi connectivity index (χ0v) is 12.0. The summed E-state index contributed by atoms with van der Waals surface area (Å²) in [4.78, 5) is 12.3. The Morgan fingerprint density at radius 3 is 2.78 bits per heavy atom. The summed E-state index contributed by atoms with van der Waals surface area (Å²) < 4.78 is 0. The van der Waals surface area contributed by atoms with Crippen LogP contribution >= 0.6 is 11.6 Å². The summed E-state index contributed by atoms with van der Waals surface area (Å²) in [5, 5.41) is 0.631. The van der Waals surface area contributed by atoms with Gasteiger partial charge in [0.2, 0.25) is 0 Å². The first kappa shape index (κ1) is 13.6. The minimum absolute atomic E-state index is 0.211. The fraction of sp³-hybridized carbons (Fsp3) is 0.562. The molecule has 0 bridgehead atoms. The van der Waals surface area contributed by atoms with Crippen LogP contribution in [0.15, 0.2) is 18.2 Å². The number of halogens is 1. The molecule has 98 valence electrons. The van der Waals surface area contributed by atoms with Gasteiger partial charge >= 0.3 is 0 Å². The minimum atomic E-state index is 0.211. The number of ketones is 1. The Balaban J connectivity index is 2.09. The molecular formula is C16H21ClO. The van der Waals surface area contributed by atoms with E-state index in [2.05, 4.69) is 6.92 Å². The molecule has 1 aliphatic carbocycles. The quantitative estimate of drug-likeness (QED) is 0.699. The zero-order chi connectivity index (χ0) is 13.1. The highest BCUT2D eigenvalue weighted by Gasteiger charge is 2.25. The lowest BCUT2D eigenvalue weighted by atomic mass is 9.77. The second-order valence-electron chi connectivity index (χ2n) is 5.59. The van der Waals surface area contributed by atoms with Gasteiger partial charge in [0.15, 0.2) is 5.78 Å². The first-order valence-electron chi connectivity index (χ1n) is 6.88. The van der Waals surface area contributed by atoms with Crippen molar-refractivity contribution in [1.82, 2.24) is 0 Å². The summed E-state index contributed by atoms with van der Waals surface area (Å²) in [6.45, 7) is 4.22.